The van der Waals surface area contributed by atoms with Crippen LogP contribution in [0.5, 0.6) is 0 Å². The summed E-state index contributed by atoms with van der Waals surface area (Å²) in [6.07, 6.45) is 1.63. The fraction of sp³-hybridized carbons (Fsp3) is 0. The van der Waals surface area contributed by atoms with Gasteiger partial charge in [0.15, 0.2) is 0 Å². The first kappa shape index (κ1) is 17.7. The van der Waals surface area contributed by atoms with Crippen molar-refractivity contribution in [1.29, 1.82) is 0 Å². The van der Waals surface area contributed by atoms with Crippen LogP contribution in [-0.2, 0) is 10.0 Å². The highest BCUT2D eigenvalue weighted by Crippen LogP contribution is 2.18. The summed E-state index contributed by atoms with van der Waals surface area (Å²) in [5.74, 6) is -1.59. The second kappa shape index (κ2) is 7.42. The lowest BCUT2D eigenvalue weighted by Crippen LogP contribution is -2.41. The molecule has 0 atom stereocenters. The van der Waals surface area contributed by atoms with Crippen LogP contribution in [-0.4, -0.2) is 19.3 Å². The quantitative estimate of drug-likeness (QED) is 0.675. The van der Waals surface area contributed by atoms with Gasteiger partial charge in [-0.25, -0.2) is 12.8 Å². The van der Waals surface area contributed by atoms with Crippen molar-refractivity contribution in [1.82, 2.24) is 15.2 Å². The Morgan fingerprint density at radius 3 is 2.46 bits per heavy atom. The minimum absolute atomic E-state index is 0.226. The highest BCUT2D eigenvalue weighted by Gasteiger charge is 2.19. The molecular weight excluding hydrogens is 357 g/mol. The molecule has 1 heterocycles. The second-order valence-electron chi connectivity index (χ2n) is 5.29. The lowest BCUT2D eigenvalue weighted by Gasteiger charge is -2.10. The van der Waals surface area contributed by atoms with Gasteiger partial charge in [-0.15, -0.1) is 4.83 Å². The number of rotatable bonds is 5. The molecule has 0 saturated heterocycles. The molecule has 0 bridgehead atoms. The number of nitrogens with one attached hydrogen (secondary N) is 2. The number of hydrazine groups is 1. The van der Waals surface area contributed by atoms with Gasteiger partial charge in [0.1, 0.15) is 10.7 Å². The Balaban J connectivity index is 1.76. The lowest BCUT2D eigenvalue weighted by molar-refractivity contribution is 0.0945. The zero-order chi connectivity index (χ0) is 18.6. The van der Waals surface area contributed by atoms with Crippen molar-refractivity contribution >= 4 is 15.9 Å². The van der Waals surface area contributed by atoms with Gasteiger partial charge in [0.25, 0.3) is 15.9 Å². The van der Waals surface area contributed by atoms with E-state index in [2.05, 4.69) is 10.4 Å². The molecule has 0 aliphatic carbocycles. The molecule has 0 unspecified atom stereocenters. The van der Waals surface area contributed by atoms with Gasteiger partial charge >= 0.3 is 0 Å². The summed E-state index contributed by atoms with van der Waals surface area (Å²) in [5, 5.41) is 0. The summed E-state index contributed by atoms with van der Waals surface area (Å²) in [7, 11) is -4.23. The van der Waals surface area contributed by atoms with Crippen LogP contribution in [0.3, 0.4) is 0 Å². The minimum Gasteiger partial charge on any atom is -0.273 e. The van der Waals surface area contributed by atoms with Gasteiger partial charge in [0.2, 0.25) is 0 Å². The highest BCUT2D eigenvalue weighted by atomic mass is 32.2. The molecule has 0 aliphatic rings. The molecule has 2 aromatic carbocycles. The minimum atomic E-state index is -4.23. The zero-order valence-corrected chi connectivity index (χ0v) is 14.2. The molecule has 6 nitrogen and oxygen atoms in total. The normalized spacial score (nSPS) is 11.1. The van der Waals surface area contributed by atoms with Crippen molar-refractivity contribution < 1.29 is 17.6 Å². The number of hydrogen-bond acceptors (Lipinski definition) is 4. The molecule has 0 spiro atoms. The number of halogens is 1. The Bertz CT molecular complexity index is 1040. The molecule has 3 rings (SSSR count). The number of carbonyl (C=O) groups excluding carboxylic acids is 1. The maximum absolute atomic E-state index is 13.6. The molecule has 0 aliphatic heterocycles. The molecule has 0 fully saturated rings. The van der Waals surface area contributed by atoms with Crippen molar-refractivity contribution in [3.8, 4) is 11.3 Å². The van der Waals surface area contributed by atoms with Crippen LogP contribution in [0.15, 0.2) is 77.8 Å². The SMILES string of the molecule is O=C(NNS(=O)(=O)c1ccccc1F)c1cccc(-c2ccccn2)c1. The van der Waals surface area contributed by atoms with Crippen LogP contribution in [0.25, 0.3) is 11.3 Å². The summed E-state index contributed by atoms with van der Waals surface area (Å²) in [5.41, 5.74) is 3.68. The van der Waals surface area contributed by atoms with Crippen LogP contribution < -0.4 is 10.3 Å². The number of amides is 1. The zero-order valence-electron chi connectivity index (χ0n) is 13.4. The Morgan fingerprint density at radius 2 is 1.73 bits per heavy atom. The molecule has 1 amide bonds. The average molecular weight is 371 g/mol. The molecule has 132 valence electrons. The number of sulfonamides is 1. The predicted molar refractivity (Wildman–Crippen MR) is 93.9 cm³/mol. The largest absolute Gasteiger partial charge is 0.273 e. The van der Waals surface area contributed by atoms with E-state index in [1.54, 1.807) is 36.5 Å². The summed E-state index contributed by atoms with van der Waals surface area (Å²) < 4.78 is 37.8. The van der Waals surface area contributed by atoms with Crippen molar-refractivity contribution in [2.75, 3.05) is 0 Å². The lowest BCUT2D eigenvalue weighted by atomic mass is 10.1. The first-order chi connectivity index (χ1) is 12.5. The van der Waals surface area contributed by atoms with Crippen LogP contribution in [0.2, 0.25) is 0 Å². The number of benzene rings is 2. The standard InChI is InChI=1S/C18H14FN3O3S/c19-15-8-1-2-10-17(15)26(24,25)22-21-18(23)14-7-5-6-13(12-14)16-9-3-4-11-20-16/h1-12,22H,(H,21,23). The van der Waals surface area contributed by atoms with Crippen molar-refractivity contribution in [3.05, 3.63) is 84.3 Å². The summed E-state index contributed by atoms with van der Waals surface area (Å²) in [6.45, 7) is 0. The maximum atomic E-state index is 13.6. The van der Waals surface area contributed by atoms with Crippen LogP contribution in [0.1, 0.15) is 10.4 Å². The molecule has 26 heavy (non-hydrogen) atoms. The Labute approximate surface area is 149 Å². The topological polar surface area (TPSA) is 88.2 Å². The van der Waals surface area contributed by atoms with Crippen LogP contribution in [0, 0.1) is 5.82 Å². The molecule has 3 aromatic rings. The van der Waals surface area contributed by atoms with E-state index >= 15 is 0 Å². The van der Waals surface area contributed by atoms with E-state index in [0.29, 0.717) is 11.3 Å². The monoisotopic (exact) mass is 371 g/mol. The number of hydrogen-bond donors (Lipinski definition) is 2. The van der Waals surface area contributed by atoms with Gasteiger partial charge in [-0.3, -0.25) is 15.2 Å². The second-order valence-corrected chi connectivity index (χ2v) is 6.94. The number of aromatic nitrogens is 1. The van der Waals surface area contributed by atoms with Gasteiger partial charge in [-0.1, -0.05) is 30.3 Å². The summed E-state index contributed by atoms with van der Waals surface area (Å²) in [4.78, 5) is 17.8. The van der Waals surface area contributed by atoms with Gasteiger partial charge in [-0.05, 0) is 36.4 Å². The smallest absolute Gasteiger partial charge is 0.266 e. The van der Waals surface area contributed by atoms with E-state index in [0.717, 1.165) is 12.1 Å². The van der Waals surface area contributed by atoms with Gasteiger partial charge in [0.05, 0.1) is 5.69 Å². The Kier molecular flexibility index (Phi) is 5.06. The highest BCUT2D eigenvalue weighted by molar-refractivity contribution is 7.89. The number of carbonyl (C=O) groups is 1. The summed E-state index contributed by atoms with van der Waals surface area (Å²) in [6, 6.07) is 16.8. The van der Waals surface area contributed by atoms with Crippen LogP contribution in [0.4, 0.5) is 4.39 Å². The third kappa shape index (κ3) is 3.93. The first-order valence-electron chi connectivity index (χ1n) is 7.55. The van der Waals surface area contributed by atoms with E-state index in [-0.39, 0.29) is 5.56 Å². The van der Waals surface area contributed by atoms with Crippen molar-refractivity contribution in [3.63, 3.8) is 0 Å². The van der Waals surface area contributed by atoms with Crippen molar-refractivity contribution in [2.24, 2.45) is 0 Å². The maximum Gasteiger partial charge on any atom is 0.266 e. The molecule has 0 radical (unpaired) electrons. The predicted octanol–water partition coefficient (Wildman–Crippen LogP) is 2.51. The van der Waals surface area contributed by atoms with Gasteiger partial charge in [-0.2, -0.15) is 0 Å². The van der Waals surface area contributed by atoms with E-state index in [1.807, 2.05) is 10.9 Å². The molecule has 0 saturated carbocycles. The molecule has 1 aromatic heterocycles. The van der Waals surface area contributed by atoms with E-state index in [4.69, 9.17) is 0 Å². The van der Waals surface area contributed by atoms with E-state index < -0.39 is 26.6 Å². The Hall–Kier alpha value is -3.10. The van der Waals surface area contributed by atoms with Crippen LogP contribution >= 0.6 is 0 Å². The van der Waals surface area contributed by atoms with E-state index in [1.165, 1.54) is 18.2 Å². The summed E-state index contributed by atoms with van der Waals surface area (Å²) >= 11 is 0. The van der Waals surface area contributed by atoms with E-state index in [9.17, 15) is 17.6 Å². The van der Waals surface area contributed by atoms with Crippen molar-refractivity contribution in [2.45, 2.75) is 4.90 Å². The fourth-order valence-corrected chi connectivity index (χ4v) is 3.18. The number of pyridine rings is 1. The molecular formula is C18H14FN3O3S. The van der Waals surface area contributed by atoms with Gasteiger partial charge in [0, 0.05) is 17.3 Å². The molecule has 2 N–H and O–H groups in total. The third-order valence-electron chi connectivity index (χ3n) is 3.51. The Morgan fingerprint density at radius 1 is 0.962 bits per heavy atom. The van der Waals surface area contributed by atoms with Gasteiger partial charge < -0.3 is 0 Å². The first-order valence-corrected chi connectivity index (χ1v) is 9.04. The fourth-order valence-electron chi connectivity index (χ4n) is 2.26. The third-order valence-corrected chi connectivity index (χ3v) is 4.79. The molecule has 8 heteroatoms. The number of nitrogens with zero attached hydrogens (tertiary/aromatic N) is 1. The average Bonchev–Trinajstić information content (AvgIpc) is 2.67.